The number of hydrogen-bond donors (Lipinski definition) is 0. The van der Waals surface area contributed by atoms with Gasteiger partial charge in [0.05, 0.1) is 17.1 Å². The summed E-state index contributed by atoms with van der Waals surface area (Å²) < 4.78 is 17.9. The monoisotopic (exact) mass is 388 g/mol. The standard InChI is InChI=1S/C22H20N4O3/c1-25(14-18-9-10-29-24-18)12-17-13-26(19-5-3-2-4-6-19)23-22(17)16-7-8-20-21(11-16)28-15-27-20/h2-11,13H,12,14-15H2,1H3. The summed E-state index contributed by atoms with van der Waals surface area (Å²) in [5, 5.41) is 8.89. The van der Waals surface area contributed by atoms with Gasteiger partial charge in [-0.1, -0.05) is 23.4 Å². The average molecular weight is 388 g/mol. The summed E-state index contributed by atoms with van der Waals surface area (Å²) in [6.07, 6.45) is 3.67. The molecule has 1 aliphatic rings. The summed E-state index contributed by atoms with van der Waals surface area (Å²) in [7, 11) is 2.05. The van der Waals surface area contributed by atoms with Crippen LogP contribution < -0.4 is 9.47 Å². The molecule has 0 spiro atoms. The fourth-order valence-corrected chi connectivity index (χ4v) is 3.47. The highest BCUT2D eigenvalue weighted by Crippen LogP contribution is 2.36. The van der Waals surface area contributed by atoms with Crippen molar-refractivity contribution >= 4 is 0 Å². The minimum absolute atomic E-state index is 0.255. The largest absolute Gasteiger partial charge is 0.454 e. The molecule has 7 heteroatoms. The van der Waals surface area contributed by atoms with Crippen LogP contribution in [-0.2, 0) is 13.1 Å². The van der Waals surface area contributed by atoms with Gasteiger partial charge in [-0.15, -0.1) is 0 Å². The van der Waals surface area contributed by atoms with Crippen LogP contribution in [0.3, 0.4) is 0 Å². The second-order valence-corrected chi connectivity index (χ2v) is 7.01. The second-order valence-electron chi connectivity index (χ2n) is 7.01. The quantitative estimate of drug-likeness (QED) is 0.499. The van der Waals surface area contributed by atoms with Gasteiger partial charge in [0.25, 0.3) is 0 Å². The lowest BCUT2D eigenvalue weighted by Crippen LogP contribution is -2.17. The molecule has 0 bridgehead atoms. The van der Waals surface area contributed by atoms with Crippen LogP contribution >= 0.6 is 0 Å². The molecule has 0 unspecified atom stereocenters. The Morgan fingerprint density at radius 2 is 1.86 bits per heavy atom. The number of rotatable bonds is 6. The van der Waals surface area contributed by atoms with Crippen molar-refractivity contribution < 1.29 is 14.0 Å². The molecule has 5 rings (SSSR count). The van der Waals surface area contributed by atoms with Crippen LogP contribution in [0.15, 0.2) is 71.6 Å². The van der Waals surface area contributed by atoms with Crippen molar-refractivity contribution in [2.75, 3.05) is 13.8 Å². The zero-order chi connectivity index (χ0) is 19.6. The van der Waals surface area contributed by atoms with Gasteiger partial charge in [0.15, 0.2) is 11.5 Å². The maximum absolute atomic E-state index is 5.56. The van der Waals surface area contributed by atoms with E-state index in [-0.39, 0.29) is 6.79 Å². The highest BCUT2D eigenvalue weighted by molar-refractivity contribution is 5.67. The van der Waals surface area contributed by atoms with E-state index in [9.17, 15) is 0 Å². The molecule has 0 saturated heterocycles. The van der Waals surface area contributed by atoms with Crippen molar-refractivity contribution in [3.8, 4) is 28.4 Å². The van der Waals surface area contributed by atoms with E-state index < -0.39 is 0 Å². The third-order valence-electron chi connectivity index (χ3n) is 4.82. The number of aromatic nitrogens is 3. The minimum atomic E-state index is 0.255. The van der Waals surface area contributed by atoms with Crippen molar-refractivity contribution in [2.45, 2.75) is 13.1 Å². The highest BCUT2D eigenvalue weighted by Gasteiger charge is 2.19. The van der Waals surface area contributed by atoms with Crippen molar-refractivity contribution in [2.24, 2.45) is 0 Å². The molecule has 29 heavy (non-hydrogen) atoms. The summed E-state index contributed by atoms with van der Waals surface area (Å²) in [6, 6.07) is 17.9. The Balaban J connectivity index is 1.50. The SMILES string of the molecule is CN(Cc1ccon1)Cc1cn(-c2ccccc2)nc1-c1ccc2c(c1)OCO2. The Hall–Kier alpha value is -3.58. The van der Waals surface area contributed by atoms with Gasteiger partial charge in [0, 0.05) is 36.5 Å². The van der Waals surface area contributed by atoms with E-state index in [4.69, 9.17) is 19.1 Å². The first-order chi connectivity index (χ1) is 14.3. The molecule has 0 radical (unpaired) electrons. The fraction of sp³-hybridized carbons (Fsp3) is 0.182. The maximum atomic E-state index is 5.56. The Bertz CT molecular complexity index is 1110. The average Bonchev–Trinajstić information content (AvgIpc) is 3.49. The second kappa shape index (κ2) is 7.44. The molecule has 3 heterocycles. The third-order valence-corrected chi connectivity index (χ3v) is 4.82. The summed E-state index contributed by atoms with van der Waals surface area (Å²) in [5.41, 5.74) is 4.93. The molecular weight excluding hydrogens is 368 g/mol. The molecule has 2 aromatic heterocycles. The Labute approximate surface area is 168 Å². The zero-order valence-electron chi connectivity index (χ0n) is 16.0. The van der Waals surface area contributed by atoms with Crippen molar-refractivity contribution in [3.63, 3.8) is 0 Å². The van der Waals surface area contributed by atoms with Crippen LogP contribution in [0.4, 0.5) is 0 Å². The van der Waals surface area contributed by atoms with Gasteiger partial charge in [-0.25, -0.2) is 4.68 Å². The molecule has 0 atom stereocenters. The van der Waals surface area contributed by atoms with Crippen molar-refractivity contribution in [3.05, 3.63) is 78.3 Å². The number of nitrogens with zero attached hydrogens (tertiary/aromatic N) is 4. The highest BCUT2D eigenvalue weighted by atomic mass is 16.7. The van der Waals surface area contributed by atoms with Crippen molar-refractivity contribution in [1.82, 2.24) is 19.8 Å². The Morgan fingerprint density at radius 1 is 1.00 bits per heavy atom. The Kier molecular flexibility index (Phi) is 4.50. The van der Waals surface area contributed by atoms with Gasteiger partial charge < -0.3 is 14.0 Å². The van der Waals surface area contributed by atoms with E-state index >= 15 is 0 Å². The van der Waals surface area contributed by atoms with E-state index in [0.717, 1.165) is 39.7 Å². The van der Waals surface area contributed by atoms with Crippen LogP contribution in [0.1, 0.15) is 11.3 Å². The molecule has 2 aromatic carbocycles. The molecule has 0 saturated carbocycles. The number of para-hydroxylation sites is 1. The summed E-state index contributed by atoms with van der Waals surface area (Å²) in [5.74, 6) is 1.51. The summed E-state index contributed by atoms with van der Waals surface area (Å²) in [6.45, 7) is 1.65. The first kappa shape index (κ1) is 17.5. The van der Waals surface area contributed by atoms with Crippen LogP contribution in [0.25, 0.3) is 16.9 Å². The van der Waals surface area contributed by atoms with Crippen LogP contribution in [0.2, 0.25) is 0 Å². The maximum Gasteiger partial charge on any atom is 0.231 e. The smallest absolute Gasteiger partial charge is 0.231 e. The van der Waals surface area contributed by atoms with Crippen LogP contribution in [0.5, 0.6) is 11.5 Å². The molecule has 0 fully saturated rings. The number of ether oxygens (including phenoxy) is 2. The van der Waals surface area contributed by atoms with Crippen LogP contribution in [-0.4, -0.2) is 33.7 Å². The van der Waals surface area contributed by atoms with Gasteiger partial charge >= 0.3 is 0 Å². The van der Waals surface area contributed by atoms with Gasteiger partial charge in [0.2, 0.25) is 6.79 Å². The van der Waals surface area contributed by atoms with Gasteiger partial charge in [0.1, 0.15) is 6.26 Å². The van der Waals surface area contributed by atoms with E-state index in [2.05, 4.69) is 23.3 Å². The molecule has 146 valence electrons. The topological polar surface area (TPSA) is 65.6 Å². The lowest BCUT2D eigenvalue weighted by molar-refractivity contribution is 0.174. The van der Waals surface area contributed by atoms with Crippen molar-refractivity contribution in [1.29, 1.82) is 0 Å². The first-order valence-corrected chi connectivity index (χ1v) is 9.38. The minimum Gasteiger partial charge on any atom is -0.454 e. The number of fused-ring (bicyclic) bond motifs is 1. The summed E-state index contributed by atoms with van der Waals surface area (Å²) >= 11 is 0. The number of hydrogen-bond acceptors (Lipinski definition) is 6. The van der Waals surface area contributed by atoms with E-state index in [1.54, 1.807) is 6.26 Å². The predicted molar refractivity (Wildman–Crippen MR) is 107 cm³/mol. The lowest BCUT2D eigenvalue weighted by atomic mass is 10.1. The van der Waals surface area contributed by atoms with Gasteiger partial charge in [-0.05, 0) is 37.4 Å². The van der Waals surface area contributed by atoms with Gasteiger partial charge in [-0.2, -0.15) is 5.10 Å². The van der Waals surface area contributed by atoms with E-state index in [1.807, 2.05) is 59.3 Å². The van der Waals surface area contributed by atoms with Gasteiger partial charge in [-0.3, -0.25) is 4.90 Å². The molecular formula is C22H20N4O3. The predicted octanol–water partition coefficient (Wildman–Crippen LogP) is 3.89. The molecule has 7 nitrogen and oxygen atoms in total. The molecule has 4 aromatic rings. The summed E-state index contributed by atoms with van der Waals surface area (Å²) in [4.78, 5) is 2.18. The van der Waals surface area contributed by atoms with Crippen LogP contribution in [0, 0.1) is 0 Å². The first-order valence-electron chi connectivity index (χ1n) is 9.38. The molecule has 0 amide bonds. The molecule has 0 N–H and O–H groups in total. The molecule has 0 aliphatic carbocycles. The zero-order valence-corrected chi connectivity index (χ0v) is 16.0. The third kappa shape index (κ3) is 3.60. The Morgan fingerprint density at radius 3 is 2.69 bits per heavy atom. The van der Waals surface area contributed by atoms with E-state index in [1.165, 1.54) is 0 Å². The molecule has 1 aliphatic heterocycles. The number of benzene rings is 2. The van der Waals surface area contributed by atoms with E-state index in [0.29, 0.717) is 13.1 Å². The lowest BCUT2D eigenvalue weighted by Gasteiger charge is -2.14. The fourth-order valence-electron chi connectivity index (χ4n) is 3.47. The normalized spacial score (nSPS) is 12.6.